The van der Waals surface area contributed by atoms with E-state index in [1.807, 2.05) is 42.5 Å². The predicted octanol–water partition coefficient (Wildman–Crippen LogP) is 4.44. The number of benzene rings is 2. The summed E-state index contributed by atoms with van der Waals surface area (Å²) in [4.78, 5) is 29.1. The molecule has 0 saturated carbocycles. The molecule has 3 aromatic rings. The molecule has 0 unspecified atom stereocenters. The highest BCUT2D eigenvalue weighted by atomic mass is 16.2. The van der Waals surface area contributed by atoms with Crippen molar-refractivity contribution in [3.63, 3.8) is 0 Å². The molecule has 0 spiro atoms. The number of hydrogen-bond acceptors (Lipinski definition) is 3. The number of nitrogens with zero attached hydrogens (tertiary/aromatic N) is 1. The predicted molar refractivity (Wildman–Crippen MR) is 115 cm³/mol. The van der Waals surface area contributed by atoms with Crippen molar-refractivity contribution in [2.75, 3.05) is 6.54 Å². The Morgan fingerprint density at radius 3 is 2.66 bits per heavy atom. The highest BCUT2D eigenvalue weighted by molar-refractivity contribution is 5.98. The third kappa shape index (κ3) is 4.70. The van der Waals surface area contributed by atoms with Crippen molar-refractivity contribution in [3.8, 4) is 0 Å². The zero-order valence-corrected chi connectivity index (χ0v) is 16.6. The molecule has 1 aliphatic rings. The summed E-state index contributed by atoms with van der Waals surface area (Å²) in [7, 11) is 0. The maximum atomic E-state index is 12.5. The molecular weight excluding hydrogens is 360 g/mol. The first kappa shape index (κ1) is 19.3. The van der Waals surface area contributed by atoms with Crippen LogP contribution in [-0.4, -0.2) is 23.2 Å². The van der Waals surface area contributed by atoms with Gasteiger partial charge in [0.15, 0.2) is 5.78 Å². The van der Waals surface area contributed by atoms with Crippen LogP contribution in [0.2, 0.25) is 0 Å². The van der Waals surface area contributed by atoms with Crippen molar-refractivity contribution in [3.05, 3.63) is 77.0 Å². The fourth-order valence-electron chi connectivity index (χ4n) is 4.07. The first-order valence-corrected chi connectivity index (χ1v) is 10.4. The molecule has 148 valence electrons. The molecule has 0 aliphatic heterocycles. The zero-order valence-electron chi connectivity index (χ0n) is 16.6. The molecule has 2 aromatic carbocycles. The summed E-state index contributed by atoms with van der Waals surface area (Å²) in [5.74, 6) is -0.0312. The van der Waals surface area contributed by atoms with Gasteiger partial charge in [0.1, 0.15) is 0 Å². The molecule has 4 rings (SSSR count). The topological polar surface area (TPSA) is 59.1 Å². The number of Topliss-reactive ketones (excluding diaryl/α,β-unsaturated/α-hetero) is 1. The van der Waals surface area contributed by atoms with E-state index in [1.165, 1.54) is 24.0 Å². The first-order valence-electron chi connectivity index (χ1n) is 10.4. The van der Waals surface area contributed by atoms with E-state index in [1.54, 1.807) is 6.20 Å². The van der Waals surface area contributed by atoms with Crippen molar-refractivity contribution in [2.45, 2.75) is 44.9 Å². The van der Waals surface area contributed by atoms with Gasteiger partial charge in [-0.05, 0) is 60.9 Å². The lowest BCUT2D eigenvalue weighted by atomic mass is 9.89. The molecule has 0 atom stereocenters. The Morgan fingerprint density at radius 1 is 0.931 bits per heavy atom. The number of amides is 1. The Balaban J connectivity index is 1.26. The van der Waals surface area contributed by atoms with Gasteiger partial charge in [0.05, 0.1) is 5.52 Å². The Morgan fingerprint density at radius 2 is 1.76 bits per heavy atom. The summed E-state index contributed by atoms with van der Waals surface area (Å²) in [6, 6.07) is 16.1. The number of carbonyl (C=O) groups is 2. The van der Waals surface area contributed by atoms with E-state index in [9.17, 15) is 9.59 Å². The molecule has 29 heavy (non-hydrogen) atoms. The number of aryl methyl sites for hydroxylation is 2. The van der Waals surface area contributed by atoms with Crippen LogP contribution in [0.3, 0.4) is 0 Å². The lowest BCUT2D eigenvalue weighted by Crippen LogP contribution is -2.26. The van der Waals surface area contributed by atoms with E-state index in [0.717, 1.165) is 41.3 Å². The van der Waals surface area contributed by atoms with Gasteiger partial charge in [-0.1, -0.05) is 36.4 Å². The molecule has 1 aromatic heterocycles. The molecule has 1 amide bonds. The van der Waals surface area contributed by atoms with Crippen molar-refractivity contribution in [2.24, 2.45) is 0 Å². The fourth-order valence-corrected chi connectivity index (χ4v) is 4.07. The van der Waals surface area contributed by atoms with Gasteiger partial charge in [-0.25, -0.2) is 0 Å². The lowest BCUT2D eigenvalue weighted by molar-refractivity contribution is -0.121. The standard InChI is InChI=1S/C25H26N2O2/c28-23(22-11-10-18-5-1-2-6-21(18)17-22)12-13-24(29)26-16-14-20-8-3-7-19-9-4-15-27-25(19)20/h3-4,7-11,15,17H,1-2,5-6,12-14,16H2,(H,26,29). The minimum atomic E-state index is -0.0792. The Labute approximate surface area is 171 Å². The molecule has 1 N–H and O–H groups in total. The molecule has 4 heteroatoms. The second-order valence-corrected chi connectivity index (χ2v) is 7.71. The second-order valence-electron chi connectivity index (χ2n) is 7.71. The minimum absolute atomic E-state index is 0.0479. The summed E-state index contributed by atoms with van der Waals surface area (Å²) in [5, 5.41) is 4.04. The van der Waals surface area contributed by atoms with Crippen LogP contribution in [0.1, 0.15) is 52.7 Å². The van der Waals surface area contributed by atoms with Crippen molar-refractivity contribution >= 4 is 22.6 Å². The third-order valence-electron chi connectivity index (χ3n) is 5.68. The number of hydrogen-bond donors (Lipinski definition) is 1. The number of fused-ring (bicyclic) bond motifs is 2. The number of nitrogens with one attached hydrogen (secondary N) is 1. The summed E-state index contributed by atoms with van der Waals surface area (Å²) in [6.07, 6.45) is 7.58. The summed E-state index contributed by atoms with van der Waals surface area (Å²) in [5.41, 5.74) is 5.50. The third-order valence-corrected chi connectivity index (χ3v) is 5.68. The van der Waals surface area contributed by atoms with Gasteiger partial charge in [0, 0.05) is 36.5 Å². The molecule has 0 saturated heterocycles. The number of ketones is 1. The SMILES string of the molecule is O=C(CCC(=O)c1ccc2c(c1)CCCC2)NCCc1cccc2cccnc12. The highest BCUT2D eigenvalue weighted by Crippen LogP contribution is 2.23. The van der Waals surface area contributed by atoms with E-state index in [-0.39, 0.29) is 24.5 Å². The van der Waals surface area contributed by atoms with E-state index in [4.69, 9.17) is 0 Å². The highest BCUT2D eigenvalue weighted by Gasteiger charge is 2.14. The fraction of sp³-hybridized carbons (Fsp3) is 0.320. The Kier molecular flexibility index (Phi) is 5.99. The van der Waals surface area contributed by atoms with E-state index >= 15 is 0 Å². The average Bonchev–Trinajstić information content (AvgIpc) is 2.77. The van der Waals surface area contributed by atoms with Gasteiger partial charge >= 0.3 is 0 Å². The number of pyridine rings is 1. The van der Waals surface area contributed by atoms with Crippen LogP contribution >= 0.6 is 0 Å². The minimum Gasteiger partial charge on any atom is -0.356 e. The zero-order chi connectivity index (χ0) is 20.1. The number of aromatic nitrogens is 1. The molecule has 0 fully saturated rings. The van der Waals surface area contributed by atoms with Gasteiger partial charge in [-0.3, -0.25) is 14.6 Å². The van der Waals surface area contributed by atoms with Crippen LogP contribution in [0.5, 0.6) is 0 Å². The van der Waals surface area contributed by atoms with Crippen LogP contribution in [0.4, 0.5) is 0 Å². The summed E-state index contributed by atoms with van der Waals surface area (Å²) < 4.78 is 0. The van der Waals surface area contributed by atoms with Crippen LogP contribution < -0.4 is 5.32 Å². The maximum absolute atomic E-state index is 12.5. The number of para-hydroxylation sites is 1. The van der Waals surface area contributed by atoms with Crippen LogP contribution in [-0.2, 0) is 24.1 Å². The largest absolute Gasteiger partial charge is 0.356 e. The van der Waals surface area contributed by atoms with Gasteiger partial charge in [0.25, 0.3) is 0 Å². The van der Waals surface area contributed by atoms with Gasteiger partial charge < -0.3 is 5.32 Å². The molecule has 1 heterocycles. The maximum Gasteiger partial charge on any atom is 0.220 e. The molecule has 0 bridgehead atoms. The van der Waals surface area contributed by atoms with Gasteiger partial charge in [-0.2, -0.15) is 0 Å². The Bertz CT molecular complexity index is 1040. The first-order chi connectivity index (χ1) is 14.2. The molecule has 4 nitrogen and oxygen atoms in total. The van der Waals surface area contributed by atoms with E-state index in [0.29, 0.717) is 6.54 Å². The Hall–Kier alpha value is -3.01. The van der Waals surface area contributed by atoms with Crippen molar-refractivity contribution in [1.82, 2.24) is 10.3 Å². The summed E-state index contributed by atoms with van der Waals surface area (Å²) in [6.45, 7) is 0.543. The lowest BCUT2D eigenvalue weighted by Gasteiger charge is -2.16. The normalized spacial score (nSPS) is 13.1. The van der Waals surface area contributed by atoms with Crippen LogP contribution in [0.25, 0.3) is 10.9 Å². The van der Waals surface area contributed by atoms with Gasteiger partial charge in [0.2, 0.25) is 5.91 Å². The smallest absolute Gasteiger partial charge is 0.220 e. The quantitative estimate of drug-likeness (QED) is 0.611. The van der Waals surface area contributed by atoms with Crippen LogP contribution in [0.15, 0.2) is 54.7 Å². The number of carbonyl (C=O) groups excluding carboxylic acids is 2. The van der Waals surface area contributed by atoms with Crippen molar-refractivity contribution in [1.29, 1.82) is 0 Å². The molecular formula is C25H26N2O2. The second kappa shape index (κ2) is 8.99. The van der Waals surface area contributed by atoms with E-state index < -0.39 is 0 Å². The van der Waals surface area contributed by atoms with Crippen LogP contribution in [0, 0.1) is 0 Å². The number of rotatable bonds is 7. The monoisotopic (exact) mass is 386 g/mol. The van der Waals surface area contributed by atoms with E-state index in [2.05, 4.69) is 16.4 Å². The van der Waals surface area contributed by atoms with Gasteiger partial charge in [-0.15, -0.1) is 0 Å². The molecule has 0 radical (unpaired) electrons. The molecule has 1 aliphatic carbocycles. The average molecular weight is 386 g/mol. The van der Waals surface area contributed by atoms with Crippen molar-refractivity contribution < 1.29 is 9.59 Å². The summed E-state index contributed by atoms with van der Waals surface area (Å²) >= 11 is 0.